The summed E-state index contributed by atoms with van der Waals surface area (Å²) in [7, 11) is 3.39. The Hall–Kier alpha value is -1.39. The number of hydrogen-bond acceptors (Lipinski definition) is 3. The van der Waals surface area contributed by atoms with Gasteiger partial charge in [0.05, 0.1) is 0 Å². The molecule has 0 saturated heterocycles. The Morgan fingerprint density at radius 2 is 1.94 bits per heavy atom. The molecule has 0 fully saturated rings. The lowest BCUT2D eigenvalue weighted by molar-refractivity contribution is 0.0832. The van der Waals surface area contributed by atoms with E-state index in [1.807, 2.05) is 30.3 Å². The van der Waals surface area contributed by atoms with Gasteiger partial charge in [-0.2, -0.15) is 0 Å². The van der Waals surface area contributed by atoms with Gasteiger partial charge in [-0.1, -0.05) is 41.9 Å². The number of aromatic nitrogens is 1. The van der Waals surface area contributed by atoms with Crippen molar-refractivity contribution in [3.63, 3.8) is 0 Å². The van der Waals surface area contributed by atoms with Crippen LogP contribution in [0.25, 0.3) is 10.6 Å². The molecular formula is C12H11ClN2OS. The van der Waals surface area contributed by atoms with E-state index in [1.54, 1.807) is 14.1 Å². The molecule has 0 bridgehead atoms. The van der Waals surface area contributed by atoms with Gasteiger partial charge in [-0.05, 0) is 0 Å². The predicted octanol–water partition coefficient (Wildman–Crippen LogP) is 3.17. The molecule has 0 spiro atoms. The fourth-order valence-electron chi connectivity index (χ4n) is 1.34. The number of rotatable bonds is 2. The summed E-state index contributed by atoms with van der Waals surface area (Å²) in [4.78, 5) is 18.0. The van der Waals surface area contributed by atoms with Crippen molar-refractivity contribution >= 4 is 28.8 Å². The molecule has 2 aromatic rings. The zero-order valence-corrected chi connectivity index (χ0v) is 11.0. The third-order valence-corrected chi connectivity index (χ3v) is 3.68. The minimum absolute atomic E-state index is 0.116. The second-order valence-corrected chi connectivity index (χ2v) is 5.06. The van der Waals surface area contributed by atoms with Crippen molar-refractivity contribution in [3.8, 4) is 10.6 Å². The Labute approximate surface area is 109 Å². The Bertz CT molecular complexity index is 537. The Balaban J connectivity index is 2.41. The molecule has 1 aromatic heterocycles. The molecule has 0 aliphatic rings. The van der Waals surface area contributed by atoms with Crippen molar-refractivity contribution in [3.05, 3.63) is 40.4 Å². The van der Waals surface area contributed by atoms with Crippen LogP contribution in [0.1, 0.15) is 9.67 Å². The average molecular weight is 267 g/mol. The molecule has 2 rings (SSSR count). The van der Waals surface area contributed by atoms with Crippen LogP contribution >= 0.6 is 22.9 Å². The summed E-state index contributed by atoms with van der Waals surface area (Å²) in [5.74, 6) is -0.116. The molecule has 0 aliphatic carbocycles. The third kappa shape index (κ3) is 2.48. The van der Waals surface area contributed by atoms with Gasteiger partial charge in [-0.15, -0.1) is 11.3 Å². The van der Waals surface area contributed by atoms with E-state index in [-0.39, 0.29) is 11.1 Å². The van der Waals surface area contributed by atoms with Gasteiger partial charge in [0.25, 0.3) is 5.91 Å². The molecular weight excluding hydrogens is 256 g/mol. The van der Waals surface area contributed by atoms with Crippen molar-refractivity contribution in [2.75, 3.05) is 14.1 Å². The van der Waals surface area contributed by atoms with Crippen LogP contribution in [0.5, 0.6) is 0 Å². The van der Waals surface area contributed by atoms with E-state index in [1.165, 1.54) is 16.2 Å². The fourth-order valence-corrected chi connectivity index (χ4v) is 2.66. The normalized spacial score (nSPS) is 10.3. The molecule has 0 atom stereocenters. The van der Waals surface area contributed by atoms with Crippen molar-refractivity contribution < 1.29 is 4.79 Å². The number of amides is 1. The topological polar surface area (TPSA) is 33.2 Å². The molecule has 3 nitrogen and oxygen atoms in total. The summed E-state index contributed by atoms with van der Waals surface area (Å²) in [5.41, 5.74) is 0.970. The molecule has 1 aromatic carbocycles. The van der Waals surface area contributed by atoms with Crippen molar-refractivity contribution in [2.45, 2.75) is 0 Å². The highest BCUT2D eigenvalue weighted by Gasteiger charge is 2.18. The molecule has 17 heavy (non-hydrogen) atoms. The molecule has 0 N–H and O–H groups in total. The minimum Gasteiger partial charge on any atom is -0.344 e. The van der Waals surface area contributed by atoms with Gasteiger partial charge in [0, 0.05) is 19.7 Å². The van der Waals surface area contributed by atoms with Crippen molar-refractivity contribution in [1.82, 2.24) is 9.88 Å². The molecule has 5 heteroatoms. The lowest BCUT2D eigenvalue weighted by Gasteiger charge is -2.07. The Kier molecular flexibility index (Phi) is 3.45. The highest BCUT2D eigenvalue weighted by atomic mass is 35.5. The number of carbonyl (C=O) groups is 1. The van der Waals surface area contributed by atoms with Crippen LogP contribution in [0, 0.1) is 0 Å². The van der Waals surface area contributed by atoms with Gasteiger partial charge >= 0.3 is 0 Å². The second kappa shape index (κ2) is 4.85. The SMILES string of the molecule is CN(C)C(=O)c1sc(-c2ccccc2)nc1Cl. The van der Waals surface area contributed by atoms with E-state index < -0.39 is 0 Å². The molecule has 0 saturated carbocycles. The average Bonchev–Trinajstić information content (AvgIpc) is 2.71. The first-order valence-electron chi connectivity index (χ1n) is 5.03. The summed E-state index contributed by atoms with van der Waals surface area (Å²) in [5, 5.41) is 1.04. The molecule has 0 aliphatic heterocycles. The van der Waals surface area contributed by atoms with Crippen LogP contribution in [0.15, 0.2) is 30.3 Å². The molecule has 0 radical (unpaired) electrons. The zero-order valence-electron chi connectivity index (χ0n) is 9.48. The van der Waals surface area contributed by atoms with Gasteiger partial charge < -0.3 is 4.90 Å². The fraction of sp³-hybridized carbons (Fsp3) is 0.167. The highest BCUT2D eigenvalue weighted by molar-refractivity contribution is 7.17. The summed E-state index contributed by atoms with van der Waals surface area (Å²) in [6.07, 6.45) is 0. The van der Waals surface area contributed by atoms with E-state index in [0.29, 0.717) is 4.88 Å². The molecule has 0 unspecified atom stereocenters. The van der Waals surface area contributed by atoms with Crippen LogP contribution in [0.4, 0.5) is 0 Å². The van der Waals surface area contributed by atoms with Crippen LogP contribution < -0.4 is 0 Å². The van der Waals surface area contributed by atoms with E-state index in [4.69, 9.17) is 11.6 Å². The maximum atomic E-state index is 11.8. The lowest BCUT2D eigenvalue weighted by Crippen LogP contribution is -2.20. The number of benzene rings is 1. The second-order valence-electron chi connectivity index (χ2n) is 3.70. The van der Waals surface area contributed by atoms with Gasteiger partial charge in [0.15, 0.2) is 5.15 Å². The quantitative estimate of drug-likeness (QED) is 0.837. The largest absolute Gasteiger partial charge is 0.344 e. The molecule has 88 valence electrons. The highest BCUT2D eigenvalue weighted by Crippen LogP contribution is 2.31. The minimum atomic E-state index is -0.116. The monoisotopic (exact) mass is 266 g/mol. The maximum Gasteiger partial charge on any atom is 0.266 e. The first-order chi connectivity index (χ1) is 8.09. The summed E-state index contributed by atoms with van der Waals surface area (Å²) < 4.78 is 0. The number of carbonyl (C=O) groups excluding carboxylic acids is 1. The van der Waals surface area contributed by atoms with Crippen molar-refractivity contribution in [1.29, 1.82) is 0 Å². The van der Waals surface area contributed by atoms with Gasteiger partial charge in [0.1, 0.15) is 9.88 Å². The van der Waals surface area contributed by atoms with Crippen LogP contribution in [-0.2, 0) is 0 Å². The summed E-state index contributed by atoms with van der Waals surface area (Å²) >= 11 is 7.30. The number of hydrogen-bond donors (Lipinski definition) is 0. The Morgan fingerprint density at radius 3 is 2.53 bits per heavy atom. The van der Waals surface area contributed by atoms with Crippen molar-refractivity contribution in [2.24, 2.45) is 0 Å². The number of nitrogens with zero attached hydrogens (tertiary/aromatic N) is 2. The first-order valence-corrected chi connectivity index (χ1v) is 6.22. The van der Waals surface area contributed by atoms with E-state index in [0.717, 1.165) is 10.6 Å². The maximum absolute atomic E-state index is 11.8. The molecule has 1 heterocycles. The smallest absolute Gasteiger partial charge is 0.266 e. The summed E-state index contributed by atoms with van der Waals surface area (Å²) in [6, 6.07) is 9.68. The van der Waals surface area contributed by atoms with Gasteiger partial charge in [0.2, 0.25) is 0 Å². The molecule has 1 amide bonds. The van der Waals surface area contributed by atoms with Crippen LogP contribution in [0.3, 0.4) is 0 Å². The standard InChI is InChI=1S/C12H11ClN2OS/c1-15(2)12(16)9-10(13)14-11(17-9)8-6-4-3-5-7-8/h3-7H,1-2H3. The number of halogens is 1. The van der Waals surface area contributed by atoms with Gasteiger partial charge in [-0.25, -0.2) is 4.98 Å². The predicted molar refractivity (Wildman–Crippen MR) is 70.6 cm³/mol. The van der Waals surface area contributed by atoms with E-state index in [2.05, 4.69) is 4.98 Å². The van der Waals surface area contributed by atoms with E-state index >= 15 is 0 Å². The van der Waals surface area contributed by atoms with Crippen LogP contribution in [0.2, 0.25) is 5.15 Å². The van der Waals surface area contributed by atoms with Gasteiger partial charge in [-0.3, -0.25) is 4.79 Å². The summed E-state index contributed by atoms with van der Waals surface area (Å²) in [6.45, 7) is 0. The lowest BCUT2D eigenvalue weighted by atomic mass is 10.2. The third-order valence-electron chi connectivity index (χ3n) is 2.21. The van der Waals surface area contributed by atoms with Crippen LogP contribution in [-0.4, -0.2) is 29.9 Å². The Morgan fingerprint density at radius 1 is 1.29 bits per heavy atom. The van der Waals surface area contributed by atoms with E-state index in [9.17, 15) is 4.79 Å². The zero-order chi connectivity index (χ0) is 12.4. The number of thiazole rings is 1. The first kappa shape index (κ1) is 12.1.